The summed E-state index contributed by atoms with van der Waals surface area (Å²) in [6.07, 6.45) is 0. The number of rotatable bonds is 5. The maximum atomic E-state index is 13.4. The Kier molecular flexibility index (Phi) is 4.55. The first-order chi connectivity index (χ1) is 9.49. The number of Topliss-reactive ketones (excluding diaryl/α,β-unsaturated/α-hetero) is 1. The third kappa shape index (κ3) is 2.62. The third-order valence-electron chi connectivity index (χ3n) is 3.52. The average Bonchev–Trinajstić information content (AvgIpc) is 2.65. The molecule has 0 atom stereocenters. The zero-order valence-electron chi connectivity index (χ0n) is 11.4. The van der Waals surface area contributed by atoms with Gasteiger partial charge < -0.3 is 9.80 Å². The standard InChI is InChI=1S/C14H16BrFN2O2/c1-3-17(4-2)5-6-18-12-10(13(19)14(18)20)7-9(16)8-11(12)15/h7-8H,3-6H2,1-2H3. The Hall–Kier alpha value is -1.27. The molecule has 0 spiro atoms. The quantitative estimate of drug-likeness (QED) is 0.772. The van der Waals surface area contributed by atoms with Gasteiger partial charge in [-0.15, -0.1) is 0 Å². The summed E-state index contributed by atoms with van der Waals surface area (Å²) < 4.78 is 13.8. The van der Waals surface area contributed by atoms with Crippen LogP contribution in [-0.2, 0) is 4.79 Å². The maximum Gasteiger partial charge on any atom is 0.299 e. The highest BCUT2D eigenvalue weighted by atomic mass is 79.9. The van der Waals surface area contributed by atoms with Gasteiger partial charge >= 0.3 is 0 Å². The Balaban J connectivity index is 2.29. The fourth-order valence-corrected chi connectivity index (χ4v) is 2.99. The fourth-order valence-electron chi connectivity index (χ4n) is 2.35. The first-order valence-corrected chi connectivity index (χ1v) is 7.36. The number of likely N-dealkylation sites (N-methyl/N-ethyl adjacent to an activating group) is 1. The lowest BCUT2D eigenvalue weighted by atomic mass is 10.1. The minimum atomic E-state index is -0.639. The number of fused-ring (bicyclic) bond motifs is 1. The van der Waals surface area contributed by atoms with Crippen LogP contribution >= 0.6 is 15.9 Å². The van der Waals surface area contributed by atoms with Gasteiger partial charge in [0, 0.05) is 17.6 Å². The molecule has 1 heterocycles. The molecular formula is C14H16BrFN2O2. The largest absolute Gasteiger partial charge is 0.302 e. The summed E-state index contributed by atoms with van der Waals surface area (Å²) in [5.41, 5.74) is 0.620. The molecule has 6 heteroatoms. The molecular weight excluding hydrogens is 327 g/mol. The van der Waals surface area contributed by atoms with E-state index in [1.807, 2.05) is 13.8 Å². The average molecular weight is 343 g/mol. The van der Waals surface area contributed by atoms with Crippen LogP contribution in [0.1, 0.15) is 24.2 Å². The van der Waals surface area contributed by atoms with Crippen molar-refractivity contribution in [3.63, 3.8) is 0 Å². The van der Waals surface area contributed by atoms with Crippen molar-refractivity contribution >= 4 is 33.3 Å². The van der Waals surface area contributed by atoms with Crippen LogP contribution in [0.25, 0.3) is 0 Å². The van der Waals surface area contributed by atoms with Gasteiger partial charge in [-0.05, 0) is 41.2 Å². The van der Waals surface area contributed by atoms with Gasteiger partial charge in [-0.25, -0.2) is 4.39 Å². The topological polar surface area (TPSA) is 40.6 Å². The molecule has 2 rings (SSSR count). The van der Waals surface area contributed by atoms with Gasteiger partial charge in [0.2, 0.25) is 0 Å². The molecule has 0 aromatic heterocycles. The highest BCUT2D eigenvalue weighted by Crippen LogP contribution is 2.36. The molecule has 4 nitrogen and oxygen atoms in total. The summed E-state index contributed by atoms with van der Waals surface area (Å²) in [5, 5.41) is 0. The molecule has 0 fully saturated rings. The molecule has 1 amide bonds. The molecule has 1 aliphatic rings. The summed E-state index contributed by atoms with van der Waals surface area (Å²) in [7, 11) is 0. The molecule has 0 unspecified atom stereocenters. The van der Waals surface area contributed by atoms with Crippen molar-refractivity contribution in [1.82, 2.24) is 4.90 Å². The van der Waals surface area contributed by atoms with Gasteiger partial charge in [0.05, 0.1) is 11.3 Å². The van der Waals surface area contributed by atoms with E-state index >= 15 is 0 Å². The number of nitrogens with zero attached hydrogens (tertiary/aromatic N) is 2. The first kappa shape index (κ1) is 15.1. The van der Waals surface area contributed by atoms with Crippen LogP contribution in [0, 0.1) is 5.82 Å². The lowest BCUT2D eigenvalue weighted by Gasteiger charge is -2.23. The SMILES string of the molecule is CCN(CC)CCN1C(=O)C(=O)c2cc(F)cc(Br)c21. The second-order valence-electron chi connectivity index (χ2n) is 4.60. The lowest BCUT2D eigenvalue weighted by Crippen LogP contribution is -2.38. The number of benzene rings is 1. The van der Waals surface area contributed by atoms with Crippen molar-refractivity contribution < 1.29 is 14.0 Å². The van der Waals surface area contributed by atoms with Crippen molar-refractivity contribution in [3.8, 4) is 0 Å². The van der Waals surface area contributed by atoms with E-state index in [-0.39, 0.29) is 5.56 Å². The number of carbonyl (C=O) groups excluding carboxylic acids is 2. The number of ketones is 1. The molecule has 1 aromatic carbocycles. The Morgan fingerprint density at radius 3 is 2.50 bits per heavy atom. The van der Waals surface area contributed by atoms with Crippen LogP contribution in [0.4, 0.5) is 10.1 Å². The smallest absolute Gasteiger partial charge is 0.299 e. The van der Waals surface area contributed by atoms with Crippen molar-refractivity contribution in [1.29, 1.82) is 0 Å². The second kappa shape index (κ2) is 6.01. The third-order valence-corrected chi connectivity index (χ3v) is 4.12. The molecule has 0 saturated heterocycles. The second-order valence-corrected chi connectivity index (χ2v) is 5.45. The van der Waals surface area contributed by atoms with E-state index in [1.54, 1.807) is 0 Å². The molecule has 1 aliphatic heterocycles. The lowest BCUT2D eigenvalue weighted by molar-refractivity contribution is -0.114. The Morgan fingerprint density at radius 1 is 1.25 bits per heavy atom. The van der Waals surface area contributed by atoms with Crippen LogP contribution in [0.5, 0.6) is 0 Å². The minimum Gasteiger partial charge on any atom is -0.302 e. The maximum absolute atomic E-state index is 13.4. The minimum absolute atomic E-state index is 0.140. The summed E-state index contributed by atoms with van der Waals surface area (Å²) in [5.74, 6) is -1.75. The molecule has 108 valence electrons. The number of hydrogen-bond donors (Lipinski definition) is 0. The van der Waals surface area contributed by atoms with E-state index in [2.05, 4.69) is 20.8 Å². The van der Waals surface area contributed by atoms with Gasteiger partial charge in [0.1, 0.15) is 5.82 Å². The normalized spacial score (nSPS) is 14.3. The van der Waals surface area contributed by atoms with Crippen LogP contribution in [0.2, 0.25) is 0 Å². The number of carbonyl (C=O) groups is 2. The summed E-state index contributed by atoms with van der Waals surface area (Å²) >= 11 is 3.23. The predicted octanol–water partition coefficient (Wildman–Crippen LogP) is 2.46. The van der Waals surface area contributed by atoms with Crippen LogP contribution < -0.4 is 4.90 Å². The number of amides is 1. The zero-order valence-corrected chi connectivity index (χ0v) is 13.0. The number of hydrogen-bond acceptors (Lipinski definition) is 3. The molecule has 0 bridgehead atoms. The summed E-state index contributed by atoms with van der Waals surface area (Å²) in [6, 6.07) is 2.40. The van der Waals surface area contributed by atoms with E-state index in [4.69, 9.17) is 0 Å². The van der Waals surface area contributed by atoms with Crippen molar-refractivity contribution in [3.05, 3.63) is 28.0 Å². The van der Waals surface area contributed by atoms with Crippen molar-refractivity contribution in [2.45, 2.75) is 13.8 Å². The van der Waals surface area contributed by atoms with Gasteiger partial charge in [0.25, 0.3) is 11.7 Å². The van der Waals surface area contributed by atoms with Crippen molar-refractivity contribution in [2.75, 3.05) is 31.1 Å². The number of halogens is 2. The van der Waals surface area contributed by atoms with E-state index in [1.165, 1.54) is 11.0 Å². The van der Waals surface area contributed by atoms with E-state index in [0.717, 1.165) is 19.2 Å². The van der Waals surface area contributed by atoms with Crippen LogP contribution in [0.3, 0.4) is 0 Å². The molecule has 0 radical (unpaired) electrons. The Labute approximate surface area is 125 Å². The zero-order chi connectivity index (χ0) is 14.9. The van der Waals surface area contributed by atoms with Gasteiger partial charge in [-0.2, -0.15) is 0 Å². The predicted molar refractivity (Wildman–Crippen MR) is 78.6 cm³/mol. The molecule has 1 aromatic rings. The first-order valence-electron chi connectivity index (χ1n) is 6.57. The Morgan fingerprint density at radius 2 is 1.90 bits per heavy atom. The summed E-state index contributed by atoms with van der Waals surface area (Å²) in [4.78, 5) is 27.5. The molecule has 0 aliphatic carbocycles. The summed E-state index contributed by atoms with van der Waals surface area (Å²) in [6.45, 7) is 6.94. The van der Waals surface area contributed by atoms with E-state index in [0.29, 0.717) is 23.2 Å². The van der Waals surface area contributed by atoms with Crippen LogP contribution in [0.15, 0.2) is 16.6 Å². The van der Waals surface area contributed by atoms with Gasteiger partial charge in [-0.3, -0.25) is 9.59 Å². The highest BCUT2D eigenvalue weighted by Gasteiger charge is 2.37. The van der Waals surface area contributed by atoms with Gasteiger partial charge in [0.15, 0.2) is 0 Å². The molecule has 20 heavy (non-hydrogen) atoms. The monoisotopic (exact) mass is 342 g/mol. The molecule has 0 saturated carbocycles. The van der Waals surface area contributed by atoms with Gasteiger partial charge in [-0.1, -0.05) is 13.8 Å². The van der Waals surface area contributed by atoms with Crippen LogP contribution in [-0.4, -0.2) is 42.8 Å². The highest BCUT2D eigenvalue weighted by molar-refractivity contribution is 9.10. The molecule has 0 N–H and O–H groups in total. The number of anilines is 1. The van der Waals surface area contributed by atoms with Crippen molar-refractivity contribution in [2.24, 2.45) is 0 Å². The fraction of sp³-hybridized carbons (Fsp3) is 0.429. The Bertz CT molecular complexity index is 558. The van der Waals surface area contributed by atoms with E-state index < -0.39 is 17.5 Å². The van der Waals surface area contributed by atoms with E-state index in [9.17, 15) is 14.0 Å².